The molecule has 1 aromatic carbocycles. The van der Waals surface area contributed by atoms with Crippen LogP contribution in [-0.2, 0) is 15.3 Å². The molecule has 1 aliphatic heterocycles. The van der Waals surface area contributed by atoms with Crippen LogP contribution in [0.4, 0.5) is 0 Å². The van der Waals surface area contributed by atoms with Crippen molar-refractivity contribution >= 4 is 63.0 Å². The first-order chi connectivity index (χ1) is 11.1. The Kier molecular flexibility index (Phi) is 8.30. The van der Waals surface area contributed by atoms with E-state index < -0.39 is 9.84 Å². The van der Waals surface area contributed by atoms with Crippen LogP contribution in [0.3, 0.4) is 0 Å². The second-order valence-electron chi connectivity index (χ2n) is 6.68. The Morgan fingerprint density at radius 2 is 2.00 bits per heavy atom. The van der Waals surface area contributed by atoms with Crippen LogP contribution in [0.1, 0.15) is 25.8 Å². The van der Waals surface area contributed by atoms with Crippen LogP contribution in [0.25, 0.3) is 0 Å². The molecule has 0 aromatic heterocycles. The molecule has 25 heavy (non-hydrogen) atoms. The first kappa shape index (κ1) is 22.8. The van der Waals surface area contributed by atoms with Gasteiger partial charge in [0.15, 0.2) is 15.8 Å². The molecule has 0 bridgehead atoms. The number of rotatable bonds is 4. The smallest absolute Gasteiger partial charge is 0.191 e. The number of hydrogen-bond acceptors (Lipinski definition) is 3. The van der Waals surface area contributed by atoms with Crippen LogP contribution in [0.5, 0.6) is 0 Å². The molecule has 1 saturated heterocycles. The maximum Gasteiger partial charge on any atom is 0.191 e. The summed E-state index contributed by atoms with van der Waals surface area (Å²) in [4.78, 5) is 4.18. The molecule has 0 saturated carbocycles. The molecular weight excluding hydrogens is 496 g/mol. The molecular formula is C16H24Cl2IN3O2S. The Morgan fingerprint density at radius 1 is 1.32 bits per heavy atom. The molecule has 0 radical (unpaired) electrons. The third-order valence-electron chi connectivity index (χ3n) is 4.20. The van der Waals surface area contributed by atoms with Crippen LogP contribution in [-0.4, -0.2) is 45.5 Å². The maximum absolute atomic E-state index is 11.5. The zero-order chi connectivity index (χ0) is 18.0. The molecule has 1 atom stereocenters. The highest BCUT2D eigenvalue weighted by Gasteiger charge is 2.29. The Balaban J connectivity index is 0.00000312. The van der Waals surface area contributed by atoms with Crippen molar-refractivity contribution in [3.05, 3.63) is 33.8 Å². The van der Waals surface area contributed by atoms with Gasteiger partial charge in [-0.2, -0.15) is 0 Å². The number of hydrogen-bond donors (Lipinski definition) is 2. The molecule has 0 spiro atoms. The Bertz CT molecular complexity index is 739. The lowest BCUT2D eigenvalue weighted by Crippen LogP contribution is -2.47. The third-order valence-corrected chi connectivity index (χ3v) is 6.70. The van der Waals surface area contributed by atoms with Gasteiger partial charge < -0.3 is 10.6 Å². The van der Waals surface area contributed by atoms with Crippen molar-refractivity contribution in [1.82, 2.24) is 10.6 Å². The lowest BCUT2D eigenvalue weighted by Gasteiger charge is -2.27. The van der Waals surface area contributed by atoms with Crippen LogP contribution < -0.4 is 10.6 Å². The first-order valence-electron chi connectivity index (χ1n) is 7.76. The molecule has 0 amide bonds. The highest BCUT2D eigenvalue weighted by Crippen LogP contribution is 2.29. The minimum atomic E-state index is -2.92. The number of benzene rings is 1. The second-order valence-corrected chi connectivity index (χ2v) is 9.73. The van der Waals surface area contributed by atoms with Crippen LogP contribution >= 0.6 is 47.2 Å². The quantitative estimate of drug-likeness (QED) is 0.364. The van der Waals surface area contributed by atoms with Crippen molar-refractivity contribution in [3.8, 4) is 0 Å². The van der Waals surface area contributed by atoms with E-state index in [1.807, 2.05) is 12.1 Å². The fourth-order valence-corrected chi connectivity index (χ4v) is 4.59. The van der Waals surface area contributed by atoms with Gasteiger partial charge in [-0.3, -0.25) is 4.99 Å². The molecule has 1 aromatic rings. The highest BCUT2D eigenvalue weighted by atomic mass is 127. The fraction of sp³-hybridized carbons (Fsp3) is 0.562. The number of guanidine groups is 1. The van der Waals surface area contributed by atoms with E-state index in [9.17, 15) is 8.42 Å². The SMILES string of the molecule is CN=C(NCC(C)(C)c1ccc(Cl)c(Cl)c1)NC1CCS(=O)(=O)C1.I. The summed E-state index contributed by atoms with van der Waals surface area (Å²) in [5, 5.41) is 7.50. The Hall–Kier alpha value is -0.250. The number of sulfone groups is 1. The molecule has 142 valence electrons. The summed E-state index contributed by atoms with van der Waals surface area (Å²) in [6.45, 7) is 4.80. The van der Waals surface area contributed by atoms with E-state index in [2.05, 4.69) is 29.5 Å². The highest BCUT2D eigenvalue weighted by molar-refractivity contribution is 14.0. The van der Waals surface area contributed by atoms with Gasteiger partial charge in [0.25, 0.3) is 0 Å². The van der Waals surface area contributed by atoms with Crippen LogP contribution in [0, 0.1) is 0 Å². The van der Waals surface area contributed by atoms with Crippen LogP contribution in [0.2, 0.25) is 10.0 Å². The van der Waals surface area contributed by atoms with Crippen molar-refractivity contribution in [3.63, 3.8) is 0 Å². The first-order valence-corrected chi connectivity index (χ1v) is 10.3. The average Bonchev–Trinajstić information content (AvgIpc) is 2.85. The molecule has 5 nitrogen and oxygen atoms in total. The lowest BCUT2D eigenvalue weighted by atomic mass is 9.84. The summed E-state index contributed by atoms with van der Waals surface area (Å²) in [5.74, 6) is 0.991. The molecule has 0 aliphatic carbocycles. The third kappa shape index (κ3) is 6.45. The van der Waals surface area contributed by atoms with Gasteiger partial charge in [0.2, 0.25) is 0 Å². The predicted molar refractivity (Wildman–Crippen MR) is 116 cm³/mol. The molecule has 9 heteroatoms. The zero-order valence-corrected chi connectivity index (χ0v) is 19.1. The van der Waals surface area contributed by atoms with Crippen LogP contribution in [0.15, 0.2) is 23.2 Å². The average molecular weight is 520 g/mol. The van der Waals surface area contributed by atoms with E-state index in [0.29, 0.717) is 29.0 Å². The minimum Gasteiger partial charge on any atom is -0.356 e. The van der Waals surface area contributed by atoms with E-state index in [-0.39, 0.29) is 46.9 Å². The van der Waals surface area contributed by atoms with Gasteiger partial charge in [-0.15, -0.1) is 24.0 Å². The summed E-state index contributed by atoms with van der Waals surface area (Å²) in [5.41, 5.74) is 0.858. The minimum absolute atomic E-state index is 0. The van der Waals surface area contributed by atoms with E-state index in [1.165, 1.54) is 0 Å². The topological polar surface area (TPSA) is 70.6 Å². The van der Waals surface area contributed by atoms with E-state index in [4.69, 9.17) is 23.2 Å². The molecule has 1 heterocycles. The standard InChI is InChI=1S/C16H23Cl2N3O2S.HI/c1-16(2,11-4-5-13(17)14(18)8-11)10-20-15(19-3)21-12-6-7-24(22,23)9-12;/h4-5,8,12H,6-7,9-10H2,1-3H3,(H2,19,20,21);1H. The van der Waals surface area contributed by atoms with Gasteiger partial charge >= 0.3 is 0 Å². The lowest BCUT2D eigenvalue weighted by molar-refractivity contribution is 0.505. The predicted octanol–water partition coefficient (Wildman–Crippen LogP) is 3.24. The van der Waals surface area contributed by atoms with Gasteiger partial charge in [-0.1, -0.05) is 43.1 Å². The van der Waals surface area contributed by atoms with Gasteiger partial charge in [0, 0.05) is 25.0 Å². The molecule has 2 N–H and O–H groups in total. The fourth-order valence-electron chi connectivity index (χ4n) is 2.62. The Morgan fingerprint density at radius 3 is 2.52 bits per heavy atom. The molecule has 1 unspecified atom stereocenters. The van der Waals surface area contributed by atoms with Crippen molar-refractivity contribution < 1.29 is 8.42 Å². The summed E-state index contributed by atoms with van der Waals surface area (Å²) < 4.78 is 23.1. The summed E-state index contributed by atoms with van der Waals surface area (Å²) in [6, 6.07) is 5.52. The van der Waals surface area contributed by atoms with Gasteiger partial charge in [0.1, 0.15) is 0 Å². The summed E-state index contributed by atoms with van der Waals surface area (Å²) >= 11 is 12.1. The van der Waals surface area contributed by atoms with Gasteiger partial charge in [-0.25, -0.2) is 8.42 Å². The number of nitrogens with zero attached hydrogens (tertiary/aromatic N) is 1. The largest absolute Gasteiger partial charge is 0.356 e. The second kappa shape index (κ2) is 9.10. The summed E-state index contributed by atoms with van der Waals surface area (Å²) in [7, 11) is -1.25. The molecule has 2 rings (SSSR count). The van der Waals surface area contributed by atoms with Crippen molar-refractivity contribution in [2.45, 2.75) is 31.7 Å². The van der Waals surface area contributed by atoms with Crippen molar-refractivity contribution in [1.29, 1.82) is 0 Å². The Labute approximate surface area is 176 Å². The number of halogens is 3. The van der Waals surface area contributed by atoms with E-state index >= 15 is 0 Å². The number of nitrogens with one attached hydrogen (secondary N) is 2. The van der Waals surface area contributed by atoms with Gasteiger partial charge in [-0.05, 0) is 24.1 Å². The molecule has 1 aliphatic rings. The summed E-state index contributed by atoms with van der Waals surface area (Å²) in [6.07, 6.45) is 0.610. The molecule has 1 fully saturated rings. The van der Waals surface area contributed by atoms with E-state index in [0.717, 1.165) is 5.56 Å². The number of aliphatic imine (C=N–C) groups is 1. The van der Waals surface area contributed by atoms with E-state index in [1.54, 1.807) is 13.1 Å². The van der Waals surface area contributed by atoms with Crippen molar-refractivity contribution in [2.75, 3.05) is 25.1 Å². The van der Waals surface area contributed by atoms with Crippen molar-refractivity contribution in [2.24, 2.45) is 4.99 Å². The van der Waals surface area contributed by atoms with Gasteiger partial charge in [0.05, 0.1) is 21.6 Å². The zero-order valence-electron chi connectivity index (χ0n) is 14.5. The normalized spacial score (nSPS) is 20.0. The maximum atomic E-state index is 11.5. The monoisotopic (exact) mass is 519 g/mol.